The minimum absolute atomic E-state index is 0.247. The van der Waals surface area contributed by atoms with Crippen LogP contribution in [0.4, 0.5) is 0 Å². The van der Waals surface area contributed by atoms with Crippen LogP contribution in [0.5, 0.6) is 5.75 Å². The average Bonchev–Trinajstić information content (AvgIpc) is 3.59. The second kappa shape index (κ2) is 9.96. The Labute approximate surface area is 186 Å². The lowest BCUT2D eigenvalue weighted by Crippen LogP contribution is -2.48. The van der Waals surface area contributed by atoms with Crippen molar-refractivity contribution < 1.29 is 9.84 Å². The topological polar surface area (TPSA) is 96.8 Å². The summed E-state index contributed by atoms with van der Waals surface area (Å²) in [5.74, 6) is 2.24. The number of nitrogens with two attached hydrogens (primary N) is 2. The Morgan fingerprint density at radius 1 is 1.19 bits per heavy atom. The molecule has 2 saturated heterocycles. The van der Waals surface area contributed by atoms with E-state index < -0.39 is 0 Å². The van der Waals surface area contributed by atoms with Crippen LogP contribution < -0.4 is 16.8 Å². The first-order chi connectivity index (χ1) is 15.0. The van der Waals surface area contributed by atoms with Crippen molar-refractivity contribution in [1.29, 1.82) is 0 Å². The van der Waals surface area contributed by atoms with Crippen LogP contribution in [0.3, 0.4) is 0 Å². The molecule has 2 heterocycles. The first-order valence-electron chi connectivity index (χ1n) is 11.8. The number of benzene rings is 1. The van der Waals surface area contributed by atoms with E-state index >= 15 is 0 Å². The second-order valence-corrected chi connectivity index (χ2v) is 9.55. The number of phenolic OH excluding ortho intramolecular Hbond substituents is 1. The minimum atomic E-state index is 0.247. The lowest BCUT2D eigenvalue weighted by Gasteiger charge is -2.36. The number of nitrogens with one attached hydrogen (secondary N) is 1. The van der Waals surface area contributed by atoms with Gasteiger partial charge in [-0.3, -0.25) is 0 Å². The molecule has 1 aromatic rings. The summed E-state index contributed by atoms with van der Waals surface area (Å²) in [6, 6.07) is 6.21. The van der Waals surface area contributed by atoms with Crippen molar-refractivity contribution in [2.45, 2.75) is 57.4 Å². The van der Waals surface area contributed by atoms with Crippen molar-refractivity contribution >= 4 is 5.70 Å². The molecule has 2 aliphatic heterocycles. The highest BCUT2D eigenvalue weighted by atomic mass is 16.5. The van der Waals surface area contributed by atoms with Gasteiger partial charge in [-0.2, -0.15) is 0 Å². The van der Waals surface area contributed by atoms with E-state index in [9.17, 15) is 5.11 Å². The summed E-state index contributed by atoms with van der Waals surface area (Å²) in [6.07, 6.45) is 8.97. The number of ether oxygens (including phenoxy) is 1. The first-order valence-corrected chi connectivity index (χ1v) is 11.8. The van der Waals surface area contributed by atoms with Crippen LogP contribution in [-0.4, -0.2) is 48.9 Å². The zero-order valence-electron chi connectivity index (χ0n) is 18.8. The van der Waals surface area contributed by atoms with E-state index in [0.717, 1.165) is 44.2 Å². The molecule has 0 aromatic heterocycles. The lowest BCUT2D eigenvalue weighted by molar-refractivity contribution is 0.0476. The molecule has 1 aliphatic carbocycles. The molecule has 3 fully saturated rings. The first kappa shape index (κ1) is 22.0. The highest BCUT2D eigenvalue weighted by molar-refractivity contribution is 5.72. The summed E-state index contributed by atoms with van der Waals surface area (Å²) in [5.41, 5.74) is 16.0. The highest BCUT2D eigenvalue weighted by Gasteiger charge is 2.25. The Bertz CT molecular complexity index is 825. The van der Waals surface area contributed by atoms with Gasteiger partial charge < -0.3 is 31.5 Å². The molecule has 1 saturated carbocycles. The Kier molecular flexibility index (Phi) is 7.08. The minimum Gasteiger partial charge on any atom is -0.507 e. The standard InChI is InChI=1S/C25H38N4O2/c1-17(25(27)22-7-6-20(14-23(22)30)19-4-5-19)13-24(26)28-21-3-2-10-29(16-21)15-18-8-11-31-12-9-18/h6-7,13-14,18-19,21,28,30H,2-5,8-12,15-16,26-27H2,1H3/b24-13+,25-17-. The maximum absolute atomic E-state index is 10.5. The van der Waals surface area contributed by atoms with Gasteiger partial charge in [-0.05, 0) is 93.2 Å². The van der Waals surface area contributed by atoms with Crippen molar-refractivity contribution in [2.75, 3.05) is 32.8 Å². The Balaban J connectivity index is 1.35. The van der Waals surface area contributed by atoms with E-state index in [1.54, 1.807) is 0 Å². The number of phenols is 1. The van der Waals surface area contributed by atoms with Crippen molar-refractivity contribution in [1.82, 2.24) is 10.2 Å². The van der Waals surface area contributed by atoms with E-state index in [1.165, 1.54) is 44.2 Å². The molecular formula is C25H38N4O2. The molecule has 1 aromatic carbocycles. The number of aromatic hydroxyl groups is 1. The molecule has 6 heteroatoms. The maximum Gasteiger partial charge on any atom is 0.125 e. The van der Waals surface area contributed by atoms with Crippen molar-refractivity contribution in [3.05, 3.63) is 46.8 Å². The van der Waals surface area contributed by atoms with Crippen molar-refractivity contribution in [3.63, 3.8) is 0 Å². The molecule has 1 unspecified atom stereocenters. The van der Waals surface area contributed by atoms with Gasteiger partial charge in [0.05, 0.1) is 5.82 Å². The smallest absolute Gasteiger partial charge is 0.125 e. The fourth-order valence-corrected chi connectivity index (χ4v) is 4.88. The zero-order valence-corrected chi connectivity index (χ0v) is 18.8. The molecule has 6 N–H and O–H groups in total. The quantitative estimate of drug-likeness (QED) is 0.500. The maximum atomic E-state index is 10.5. The fourth-order valence-electron chi connectivity index (χ4n) is 4.88. The Morgan fingerprint density at radius 3 is 2.68 bits per heavy atom. The summed E-state index contributed by atoms with van der Waals surface area (Å²) in [4.78, 5) is 2.57. The Hall–Kier alpha value is -2.18. The summed E-state index contributed by atoms with van der Waals surface area (Å²) in [7, 11) is 0. The number of likely N-dealkylation sites (tertiary alicyclic amines) is 1. The van der Waals surface area contributed by atoms with E-state index in [-0.39, 0.29) is 5.75 Å². The van der Waals surface area contributed by atoms with Gasteiger partial charge in [0, 0.05) is 43.6 Å². The van der Waals surface area contributed by atoms with Gasteiger partial charge in [0.1, 0.15) is 5.75 Å². The molecule has 0 radical (unpaired) electrons. The average molecular weight is 427 g/mol. The summed E-state index contributed by atoms with van der Waals surface area (Å²) < 4.78 is 5.49. The van der Waals surface area contributed by atoms with Gasteiger partial charge >= 0.3 is 0 Å². The molecule has 4 rings (SSSR count). The predicted octanol–water partition coefficient (Wildman–Crippen LogP) is 3.24. The number of allylic oxidation sites excluding steroid dienone is 2. The molecule has 0 spiro atoms. The van der Waals surface area contributed by atoms with Gasteiger partial charge in [-0.25, -0.2) is 0 Å². The highest BCUT2D eigenvalue weighted by Crippen LogP contribution is 2.42. The van der Waals surface area contributed by atoms with Crippen molar-refractivity contribution in [3.8, 4) is 5.75 Å². The summed E-state index contributed by atoms with van der Waals surface area (Å²) >= 11 is 0. The van der Waals surface area contributed by atoms with Crippen LogP contribution in [0, 0.1) is 5.92 Å². The number of nitrogens with zero attached hydrogens (tertiary/aromatic N) is 1. The molecule has 6 nitrogen and oxygen atoms in total. The van der Waals surface area contributed by atoms with Crippen LogP contribution in [0.1, 0.15) is 62.5 Å². The van der Waals surface area contributed by atoms with Crippen LogP contribution in [0.2, 0.25) is 0 Å². The molecule has 0 amide bonds. The van der Waals surface area contributed by atoms with E-state index in [2.05, 4.69) is 16.3 Å². The fraction of sp³-hybridized carbons (Fsp3) is 0.600. The normalized spacial score (nSPS) is 24.7. The lowest BCUT2D eigenvalue weighted by atomic mass is 9.97. The largest absolute Gasteiger partial charge is 0.507 e. The van der Waals surface area contributed by atoms with Crippen LogP contribution in [0.15, 0.2) is 35.7 Å². The molecule has 170 valence electrons. The molecule has 31 heavy (non-hydrogen) atoms. The van der Waals surface area contributed by atoms with Gasteiger partial charge in [0.25, 0.3) is 0 Å². The SMILES string of the molecule is CC(/C=C(\N)NC1CCCN(CC2CCOCC2)C1)=C(/N)c1ccc(C2CC2)cc1O. The Morgan fingerprint density at radius 2 is 1.97 bits per heavy atom. The van der Waals surface area contributed by atoms with Gasteiger partial charge in [0.2, 0.25) is 0 Å². The molecule has 1 atom stereocenters. The number of rotatable bonds is 7. The van der Waals surface area contributed by atoms with Crippen LogP contribution in [0.25, 0.3) is 5.70 Å². The predicted molar refractivity (Wildman–Crippen MR) is 125 cm³/mol. The number of piperidine rings is 1. The number of hydrogen-bond donors (Lipinski definition) is 4. The van der Waals surface area contributed by atoms with Crippen LogP contribution >= 0.6 is 0 Å². The summed E-state index contributed by atoms with van der Waals surface area (Å²) in [5, 5.41) is 13.9. The van der Waals surface area contributed by atoms with E-state index in [4.69, 9.17) is 16.2 Å². The number of hydrogen-bond acceptors (Lipinski definition) is 6. The van der Waals surface area contributed by atoms with Gasteiger partial charge in [0.15, 0.2) is 0 Å². The monoisotopic (exact) mass is 426 g/mol. The third kappa shape index (κ3) is 5.95. The van der Waals surface area contributed by atoms with E-state index in [0.29, 0.717) is 29.0 Å². The zero-order chi connectivity index (χ0) is 21.8. The van der Waals surface area contributed by atoms with Crippen LogP contribution in [-0.2, 0) is 4.74 Å². The van der Waals surface area contributed by atoms with Crippen molar-refractivity contribution in [2.24, 2.45) is 17.4 Å². The molecule has 3 aliphatic rings. The third-order valence-electron chi connectivity index (χ3n) is 6.89. The molecule has 0 bridgehead atoms. The van der Waals surface area contributed by atoms with Gasteiger partial charge in [-0.1, -0.05) is 6.07 Å². The second-order valence-electron chi connectivity index (χ2n) is 9.55. The van der Waals surface area contributed by atoms with Gasteiger partial charge in [-0.15, -0.1) is 0 Å². The molecular weight excluding hydrogens is 388 g/mol. The third-order valence-corrected chi connectivity index (χ3v) is 6.89. The van der Waals surface area contributed by atoms with E-state index in [1.807, 2.05) is 25.1 Å². The summed E-state index contributed by atoms with van der Waals surface area (Å²) in [6.45, 7) is 7.10.